The molecule has 146 valence electrons. The molecule has 0 aromatic heterocycles. The van der Waals surface area contributed by atoms with E-state index in [2.05, 4.69) is 10.1 Å². The van der Waals surface area contributed by atoms with E-state index in [0.717, 1.165) is 24.2 Å². The number of carbonyl (C=O) groups is 1. The summed E-state index contributed by atoms with van der Waals surface area (Å²) in [5, 5.41) is 2.88. The van der Waals surface area contributed by atoms with E-state index in [1.54, 1.807) is 7.11 Å². The molecule has 0 saturated heterocycles. The Hall–Kier alpha value is -2.70. The van der Waals surface area contributed by atoms with Crippen molar-refractivity contribution in [2.75, 3.05) is 13.7 Å². The Morgan fingerprint density at radius 3 is 2.19 bits per heavy atom. The second kappa shape index (κ2) is 9.30. The van der Waals surface area contributed by atoms with Gasteiger partial charge in [0.05, 0.1) is 7.11 Å². The lowest BCUT2D eigenvalue weighted by atomic mass is 10.1. The van der Waals surface area contributed by atoms with Gasteiger partial charge in [-0.2, -0.15) is 13.2 Å². The Bertz CT molecular complexity index is 728. The van der Waals surface area contributed by atoms with E-state index in [4.69, 9.17) is 4.74 Å². The Balaban J connectivity index is 1.81. The molecule has 1 amide bonds. The predicted molar refractivity (Wildman–Crippen MR) is 96.2 cm³/mol. The molecular weight excluding hydrogens is 359 g/mol. The summed E-state index contributed by atoms with van der Waals surface area (Å²) in [4.78, 5) is 12.2. The van der Waals surface area contributed by atoms with Gasteiger partial charge in [-0.05, 0) is 61.7 Å². The SMILES string of the molecule is COc1ccc(CCC(C)NC(=O)c2ccc(OCC(F)(F)F)cc2)cc1. The van der Waals surface area contributed by atoms with Gasteiger partial charge in [0, 0.05) is 11.6 Å². The van der Waals surface area contributed by atoms with Crippen molar-refractivity contribution in [1.82, 2.24) is 5.32 Å². The zero-order valence-corrected chi connectivity index (χ0v) is 15.2. The first kappa shape index (κ1) is 20.6. The van der Waals surface area contributed by atoms with Gasteiger partial charge in [-0.25, -0.2) is 0 Å². The van der Waals surface area contributed by atoms with Gasteiger partial charge in [0.15, 0.2) is 6.61 Å². The van der Waals surface area contributed by atoms with Crippen molar-refractivity contribution in [3.8, 4) is 11.5 Å². The molecule has 0 spiro atoms. The number of rotatable bonds is 8. The first-order chi connectivity index (χ1) is 12.8. The number of halogens is 3. The number of nitrogens with one attached hydrogen (secondary N) is 1. The van der Waals surface area contributed by atoms with Crippen LogP contribution in [0.4, 0.5) is 13.2 Å². The number of ether oxygens (including phenoxy) is 2. The fraction of sp³-hybridized carbons (Fsp3) is 0.350. The molecule has 0 radical (unpaired) electrons. The highest BCUT2D eigenvalue weighted by atomic mass is 19.4. The Labute approximate surface area is 156 Å². The van der Waals surface area contributed by atoms with Crippen molar-refractivity contribution in [1.29, 1.82) is 0 Å². The van der Waals surface area contributed by atoms with Crippen LogP contribution in [0.5, 0.6) is 11.5 Å². The lowest BCUT2D eigenvalue weighted by Gasteiger charge is -2.14. The minimum Gasteiger partial charge on any atom is -0.497 e. The van der Waals surface area contributed by atoms with Crippen molar-refractivity contribution in [3.05, 3.63) is 59.7 Å². The van der Waals surface area contributed by atoms with Crippen molar-refractivity contribution in [3.63, 3.8) is 0 Å². The molecular formula is C20H22F3NO3. The van der Waals surface area contributed by atoms with Gasteiger partial charge in [0.25, 0.3) is 5.91 Å². The van der Waals surface area contributed by atoms with E-state index in [1.807, 2.05) is 31.2 Å². The third-order valence-electron chi connectivity index (χ3n) is 3.92. The van der Waals surface area contributed by atoms with E-state index < -0.39 is 12.8 Å². The second-order valence-electron chi connectivity index (χ2n) is 6.19. The molecule has 0 aliphatic carbocycles. The van der Waals surface area contributed by atoms with Crippen LogP contribution in [0.25, 0.3) is 0 Å². The summed E-state index contributed by atoms with van der Waals surface area (Å²) in [6.45, 7) is 0.545. The van der Waals surface area contributed by atoms with Crippen molar-refractivity contribution < 1.29 is 27.4 Å². The molecule has 4 nitrogen and oxygen atoms in total. The van der Waals surface area contributed by atoms with Crippen LogP contribution in [-0.4, -0.2) is 31.8 Å². The summed E-state index contributed by atoms with van der Waals surface area (Å²) in [5.41, 5.74) is 1.51. The van der Waals surface area contributed by atoms with Crippen molar-refractivity contribution in [2.24, 2.45) is 0 Å². The molecule has 1 unspecified atom stereocenters. The third-order valence-corrected chi connectivity index (χ3v) is 3.92. The van der Waals surface area contributed by atoms with Gasteiger partial charge >= 0.3 is 6.18 Å². The van der Waals surface area contributed by atoms with Crippen LogP contribution in [0.2, 0.25) is 0 Å². The van der Waals surface area contributed by atoms with E-state index in [1.165, 1.54) is 24.3 Å². The Morgan fingerprint density at radius 2 is 1.63 bits per heavy atom. The average Bonchev–Trinajstić information content (AvgIpc) is 2.65. The Morgan fingerprint density at radius 1 is 1.04 bits per heavy atom. The fourth-order valence-corrected chi connectivity index (χ4v) is 2.42. The molecule has 7 heteroatoms. The van der Waals surface area contributed by atoms with Crippen molar-refractivity contribution >= 4 is 5.91 Å². The van der Waals surface area contributed by atoms with Gasteiger partial charge < -0.3 is 14.8 Å². The topological polar surface area (TPSA) is 47.6 Å². The van der Waals surface area contributed by atoms with Gasteiger partial charge in [-0.3, -0.25) is 4.79 Å². The highest BCUT2D eigenvalue weighted by molar-refractivity contribution is 5.94. The second-order valence-corrected chi connectivity index (χ2v) is 6.19. The maximum atomic E-state index is 12.2. The normalized spacial score (nSPS) is 12.3. The molecule has 27 heavy (non-hydrogen) atoms. The number of hydrogen-bond donors (Lipinski definition) is 1. The zero-order chi connectivity index (χ0) is 19.9. The average molecular weight is 381 g/mol. The molecule has 0 saturated carbocycles. The molecule has 0 aliphatic rings. The van der Waals surface area contributed by atoms with Crippen LogP contribution in [0.3, 0.4) is 0 Å². The smallest absolute Gasteiger partial charge is 0.422 e. The highest BCUT2D eigenvalue weighted by Gasteiger charge is 2.28. The van der Waals surface area contributed by atoms with Gasteiger partial charge in [0.1, 0.15) is 11.5 Å². The quantitative estimate of drug-likeness (QED) is 0.738. The molecule has 2 aromatic rings. The summed E-state index contributed by atoms with van der Waals surface area (Å²) < 4.78 is 46.1. The molecule has 0 bridgehead atoms. The van der Waals surface area contributed by atoms with E-state index in [-0.39, 0.29) is 17.7 Å². The molecule has 2 rings (SSSR count). The number of methoxy groups -OCH3 is 1. The minimum absolute atomic E-state index is 0.0549. The van der Waals surface area contributed by atoms with E-state index in [9.17, 15) is 18.0 Å². The molecule has 1 atom stereocenters. The molecule has 0 fully saturated rings. The summed E-state index contributed by atoms with van der Waals surface area (Å²) >= 11 is 0. The van der Waals surface area contributed by atoms with Crippen LogP contribution < -0.4 is 14.8 Å². The number of alkyl halides is 3. The van der Waals surface area contributed by atoms with Crippen LogP contribution in [0.1, 0.15) is 29.3 Å². The summed E-state index contributed by atoms with van der Waals surface area (Å²) in [5.74, 6) is 0.582. The zero-order valence-electron chi connectivity index (χ0n) is 15.2. The van der Waals surface area contributed by atoms with Crippen molar-refractivity contribution in [2.45, 2.75) is 32.0 Å². The lowest BCUT2D eigenvalue weighted by molar-refractivity contribution is -0.153. The third kappa shape index (κ3) is 7.21. The Kier molecular flexibility index (Phi) is 7.10. The van der Waals surface area contributed by atoms with Crippen LogP contribution >= 0.6 is 0 Å². The van der Waals surface area contributed by atoms with Crippen LogP contribution in [0, 0.1) is 0 Å². The number of benzene rings is 2. The fourth-order valence-electron chi connectivity index (χ4n) is 2.42. The maximum absolute atomic E-state index is 12.2. The lowest BCUT2D eigenvalue weighted by Crippen LogP contribution is -2.32. The van der Waals surface area contributed by atoms with Gasteiger partial charge in [0.2, 0.25) is 0 Å². The molecule has 0 heterocycles. The summed E-state index contributed by atoms with van der Waals surface area (Å²) in [6.07, 6.45) is -2.84. The first-order valence-corrected chi connectivity index (χ1v) is 8.50. The van der Waals surface area contributed by atoms with E-state index >= 15 is 0 Å². The minimum atomic E-state index is -4.39. The largest absolute Gasteiger partial charge is 0.497 e. The number of hydrogen-bond acceptors (Lipinski definition) is 3. The monoisotopic (exact) mass is 381 g/mol. The summed E-state index contributed by atoms with van der Waals surface area (Å²) in [6, 6.07) is 13.3. The first-order valence-electron chi connectivity index (χ1n) is 8.50. The van der Waals surface area contributed by atoms with Crippen LogP contribution in [0.15, 0.2) is 48.5 Å². The summed E-state index contributed by atoms with van der Waals surface area (Å²) in [7, 11) is 1.61. The van der Waals surface area contributed by atoms with E-state index in [0.29, 0.717) is 5.56 Å². The number of carbonyl (C=O) groups excluding carboxylic acids is 1. The number of aryl methyl sites for hydroxylation is 1. The number of amides is 1. The molecule has 2 aromatic carbocycles. The molecule has 0 aliphatic heterocycles. The predicted octanol–water partition coefficient (Wildman–Crippen LogP) is 4.39. The van der Waals surface area contributed by atoms with Gasteiger partial charge in [-0.15, -0.1) is 0 Å². The van der Waals surface area contributed by atoms with Crippen LogP contribution in [-0.2, 0) is 6.42 Å². The molecule has 1 N–H and O–H groups in total. The highest BCUT2D eigenvalue weighted by Crippen LogP contribution is 2.19. The maximum Gasteiger partial charge on any atom is 0.422 e. The standard InChI is InChI=1S/C20H22F3NO3/c1-14(3-4-15-5-9-17(26-2)10-6-15)24-19(25)16-7-11-18(12-8-16)27-13-20(21,22)23/h5-12,14H,3-4,13H2,1-2H3,(H,24,25). The van der Waals surface area contributed by atoms with Gasteiger partial charge in [-0.1, -0.05) is 12.1 Å².